The molecular formula is C53H52BrF2N13O2. The van der Waals surface area contributed by atoms with Crippen molar-refractivity contribution in [1.29, 1.82) is 5.26 Å². The number of nitrogens with zero attached hydrogens (tertiary/aromatic N) is 13. The maximum atomic E-state index is 15.4. The zero-order valence-electron chi connectivity index (χ0n) is 40.0. The molecule has 6 aromatic heterocycles. The molecule has 18 heteroatoms. The van der Waals surface area contributed by atoms with Gasteiger partial charge in [-0.2, -0.15) is 5.26 Å². The van der Waals surface area contributed by atoms with E-state index in [1.807, 2.05) is 61.1 Å². The van der Waals surface area contributed by atoms with Gasteiger partial charge in [-0.25, -0.2) is 38.7 Å². The number of benzene rings is 2. The molecule has 6 saturated heterocycles. The summed E-state index contributed by atoms with van der Waals surface area (Å²) in [6, 6.07) is 16.1. The molecule has 71 heavy (non-hydrogen) atoms. The summed E-state index contributed by atoms with van der Waals surface area (Å²) in [6.45, 7) is 14.4. The molecule has 0 amide bonds. The van der Waals surface area contributed by atoms with Crippen LogP contribution in [0.15, 0.2) is 77.8 Å². The average molecular weight is 1020 g/mol. The summed E-state index contributed by atoms with van der Waals surface area (Å²) in [5.74, 6) is 4.11. The standard InChI is InChI=1S/C27H26FN7O.C26H26BrFN6O/c1-16-25-27(32-17(2)31-16)35(26(33-25)21-9-18(11-29)12-30-13-21)14-20-3-4-22(10-23(20)28)36-24-15-34-7-5-19(24)6-8-34;1-15-24-26(31-16(2)30-15)34(25(32-24)19-9-20(27)12-29-11-19)13-18-3-4-21(10-22(18)28)35-23-14-33-7-5-17(23)6-8-33/h3-4,9-10,12-13,19,24H,5-8,14-15H2,1-2H3;3-4,9-12,17,23H,5-8,13-14H2,1-2H3/t24-;23-/m11/s1. The molecule has 0 N–H and O–H groups in total. The molecule has 0 unspecified atom stereocenters. The summed E-state index contributed by atoms with van der Waals surface area (Å²) in [6.07, 6.45) is 11.5. The highest BCUT2D eigenvalue weighted by molar-refractivity contribution is 9.10. The predicted octanol–water partition coefficient (Wildman–Crippen LogP) is 8.97. The Kier molecular flexibility index (Phi) is 12.7. The fraction of sp³-hybridized carbons (Fsp3) is 0.377. The van der Waals surface area contributed by atoms with E-state index in [1.54, 1.807) is 30.7 Å². The smallest absolute Gasteiger partial charge is 0.164 e. The van der Waals surface area contributed by atoms with E-state index in [0.717, 1.165) is 86.4 Å². The summed E-state index contributed by atoms with van der Waals surface area (Å²) in [4.78, 5) is 41.1. The maximum absolute atomic E-state index is 15.4. The molecular weight excluding hydrogens is 969 g/mol. The fourth-order valence-corrected chi connectivity index (χ4v) is 11.0. The van der Waals surface area contributed by atoms with Crippen LogP contribution in [0.2, 0.25) is 0 Å². The van der Waals surface area contributed by atoms with Crippen LogP contribution in [0.5, 0.6) is 11.5 Å². The first-order valence-electron chi connectivity index (χ1n) is 24.2. The molecule has 2 atom stereocenters. The van der Waals surface area contributed by atoms with Crippen LogP contribution in [0.3, 0.4) is 0 Å². The number of hydrogen-bond acceptors (Lipinski definition) is 13. The third-order valence-electron chi connectivity index (χ3n) is 14.3. The van der Waals surface area contributed by atoms with E-state index in [2.05, 4.69) is 61.7 Å². The Morgan fingerprint density at radius 1 is 0.606 bits per heavy atom. The largest absolute Gasteiger partial charge is 0.489 e. The molecule has 12 heterocycles. The summed E-state index contributed by atoms with van der Waals surface area (Å²) >= 11 is 3.49. The lowest BCUT2D eigenvalue weighted by Crippen LogP contribution is -2.52. The van der Waals surface area contributed by atoms with Gasteiger partial charge in [0.2, 0.25) is 0 Å². The van der Waals surface area contributed by atoms with Crippen LogP contribution in [-0.4, -0.2) is 110 Å². The van der Waals surface area contributed by atoms with Gasteiger partial charge in [0.1, 0.15) is 75.7 Å². The lowest BCUT2D eigenvalue weighted by molar-refractivity contribution is -0.00794. The number of imidazole rings is 2. The second-order valence-corrected chi connectivity index (χ2v) is 20.1. The highest BCUT2D eigenvalue weighted by Crippen LogP contribution is 2.35. The third kappa shape index (κ3) is 9.58. The van der Waals surface area contributed by atoms with E-state index in [4.69, 9.17) is 19.4 Å². The van der Waals surface area contributed by atoms with Gasteiger partial charge in [-0.05, 0) is 132 Å². The van der Waals surface area contributed by atoms with Crippen LogP contribution in [0, 0.1) is 62.5 Å². The van der Waals surface area contributed by atoms with Gasteiger partial charge in [-0.15, -0.1) is 0 Å². The molecule has 0 saturated carbocycles. The van der Waals surface area contributed by atoms with Crippen molar-refractivity contribution in [3.8, 4) is 40.3 Å². The molecule has 6 aliphatic rings. The number of hydrogen-bond donors (Lipinski definition) is 0. The summed E-state index contributed by atoms with van der Waals surface area (Å²) in [7, 11) is 0. The summed E-state index contributed by atoms with van der Waals surface area (Å²) < 4.78 is 47.8. The van der Waals surface area contributed by atoms with Gasteiger partial charge in [0, 0.05) is 76.7 Å². The van der Waals surface area contributed by atoms with Crippen molar-refractivity contribution in [3.05, 3.63) is 129 Å². The van der Waals surface area contributed by atoms with Gasteiger partial charge in [0.15, 0.2) is 11.3 Å². The Labute approximate surface area is 418 Å². The van der Waals surface area contributed by atoms with Crippen molar-refractivity contribution in [2.75, 3.05) is 39.3 Å². The maximum Gasteiger partial charge on any atom is 0.164 e. The fourth-order valence-electron chi connectivity index (χ4n) is 10.7. The van der Waals surface area contributed by atoms with E-state index in [9.17, 15) is 5.26 Å². The first-order valence-corrected chi connectivity index (χ1v) is 25.0. The molecule has 2 aromatic carbocycles. The SMILES string of the molecule is Cc1nc(C)c2nc(-c3cncc(Br)c3)n(Cc3ccc(O[C@@H]4CN5CCC4CC5)cc3F)c2n1.Cc1nc(C)c2nc(-c3cncc(C#N)c3)n(Cc3ccc(O[C@@H]4CN5CCC4CC5)cc3F)c2n1. The molecule has 14 rings (SSSR count). The van der Waals surface area contributed by atoms with Crippen molar-refractivity contribution >= 4 is 38.3 Å². The monoisotopic (exact) mass is 1020 g/mol. The number of ether oxygens (including phenoxy) is 2. The quantitative estimate of drug-likeness (QED) is 0.128. The van der Waals surface area contributed by atoms with E-state index < -0.39 is 0 Å². The Bertz CT molecular complexity index is 3360. The van der Waals surface area contributed by atoms with Crippen molar-refractivity contribution in [3.63, 3.8) is 0 Å². The Morgan fingerprint density at radius 3 is 1.49 bits per heavy atom. The molecule has 4 bridgehead atoms. The highest BCUT2D eigenvalue weighted by atomic mass is 79.9. The van der Waals surface area contributed by atoms with Gasteiger partial charge in [0.05, 0.1) is 30.0 Å². The number of halogens is 3. The van der Waals surface area contributed by atoms with Crippen molar-refractivity contribution in [2.24, 2.45) is 11.8 Å². The van der Waals surface area contributed by atoms with Crippen molar-refractivity contribution in [2.45, 2.75) is 78.7 Å². The average Bonchev–Trinajstić information content (AvgIpc) is 3.92. The summed E-state index contributed by atoms with van der Waals surface area (Å²) in [5.41, 5.74) is 7.10. The third-order valence-corrected chi connectivity index (χ3v) is 14.8. The first kappa shape index (κ1) is 46.6. The molecule has 6 fully saturated rings. The molecule has 362 valence electrons. The molecule has 6 aliphatic heterocycles. The highest BCUT2D eigenvalue weighted by Gasteiger charge is 2.37. The molecule has 0 radical (unpaired) electrons. The molecule has 0 spiro atoms. The Morgan fingerprint density at radius 2 is 1.07 bits per heavy atom. The number of aromatic nitrogens is 10. The van der Waals surface area contributed by atoms with Crippen molar-refractivity contribution in [1.82, 2.24) is 58.8 Å². The second kappa shape index (κ2) is 19.4. The Balaban J connectivity index is 0.000000154. The number of rotatable bonds is 10. The molecule has 0 aliphatic carbocycles. The number of fused-ring (bicyclic) bond motifs is 8. The van der Waals surface area contributed by atoms with Crippen LogP contribution in [0.4, 0.5) is 8.78 Å². The minimum Gasteiger partial charge on any atom is -0.489 e. The second-order valence-electron chi connectivity index (χ2n) is 19.2. The minimum absolute atomic E-state index is 0.115. The van der Waals surface area contributed by atoms with E-state index in [0.29, 0.717) is 91.2 Å². The molecule has 8 aromatic rings. The number of nitriles is 1. The number of aryl methyl sites for hydroxylation is 4. The number of piperidine rings is 6. The van der Waals surface area contributed by atoms with Gasteiger partial charge >= 0.3 is 0 Å². The van der Waals surface area contributed by atoms with Crippen LogP contribution < -0.4 is 9.47 Å². The lowest BCUT2D eigenvalue weighted by Gasteiger charge is -2.44. The topological polar surface area (TPSA) is 162 Å². The van der Waals surface area contributed by atoms with E-state index in [-0.39, 0.29) is 36.9 Å². The van der Waals surface area contributed by atoms with Crippen LogP contribution in [-0.2, 0) is 13.1 Å². The zero-order valence-corrected chi connectivity index (χ0v) is 41.6. The van der Waals surface area contributed by atoms with Gasteiger partial charge in [0.25, 0.3) is 0 Å². The Hall–Kier alpha value is -6.81. The van der Waals surface area contributed by atoms with Gasteiger partial charge < -0.3 is 18.6 Å². The van der Waals surface area contributed by atoms with Crippen molar-refractivity contribution < 1.29 is 18.3 Å². The van der Waals surface area contributed by atoms with Crippen LogP contribution in [0.25, 0.3) is 45.1 Å². The number of pyridine rings is 2. The molecule has 15 nitrogen and oxygen atoms in total. The van der Waals surface area contributed by atoms with E-state index >= 15 is 8.78 Å². The predicted molar refractivity (Wildman–Crippen MR) is 267 cm³/mol. The van der Waals surface area contributed by atoms with Gasteiger partial charge in [-0.1, -0.05) is 12.1 Å². The van der Waals surface area contributed by atoms with Crippen LogP contribution in [0.1, 0.15) is 65.4 Å². The van der Waals surface area contributed by atoms with E-state index in [1.165, 1.54) is 18.3 Å². The minimum atomic E-state index is -0.340. The zero-order chi connectivity index (χ0) is 48.9. The summed E-state index contributed by atoms with van der Waals surface area (Å²) in [5, 5.41) is 9.34. The lowest BCUT2D eigenvalue weighted by atomic mass is 9.86. The van der Waals surface area contributed by atoms with Gasteiger partial charge in [-0.3, -0.25) is 19.8 Å². The first-order chi connectivity index (χ1) is 34.4. The normalized spacial score (nSPS) is 21.3. The van der Waals surface area contributed by atoms with Crippen LogP contribution >= 0.6 is 15.9 Å².